The summed E-state index contributed by atoms with van der Waals surface area (Å²) in [5.41, 5.74) is 0. The Morgan fingerprint density at radius 3 is 2.77 bits per heavy atom. The molecule has 0 aromatic carbocycles. The normalized spacial score (nSPS) is 26.8. The SMILES string of the molecule is C/C=C/C(=O)CC1CCCC1(F)F. The van der Waals surface area contributed by atoms with Crippen LogP contribution in [-0.4, -0.2) is 11.7 Å². The molecule has 0 N–H and O–H groups in total. The van der Waals surface area contributed by atoms with Gasteiger partial charge in [0, 0.05) is 18.8 Å². The third-order valence-corrected chi connectivity index (χ3v) is 2.46. The Labute approximate surface area is 76.8 Å². The summed E-state index contributed by atoms with van der Waals surface area (Å²) in [5.74, 6) is -3.53. The smallest absolute Gasteiger partial charge is 0.251 e. The van der Waals surface area contributed by atoms with Gasteiger partial charge < -0.3 is 0 Å². The minimum atomic E-state index is -2.61. The molecular formula is C10H14F2O. The van der Waals surface area contributed by atoms with Crippen molar-refractivity contribution >= 4 is 5.78 Å². The van der Waals surface area contributed by atoms with E-state index in [4.69, 9.17) is 0 Å². The zero-order valence-electron chi connectivity index (χ0n) is 7.72. The second-order valence-corrected chi connectivity index (χ2v) is 3.52. The number of hydrogen-bond acceptors (Lipinski definition) is 1. The average molecular weight is 188 g/mol. The molecule has 13 heavy (non-hydrogen) atoms. The predicted octanol–water partition coefficient (Wildman–Crippen LogP) is 2.96. The molecule has 0 amide bonds. The maximum atomic E-state index is 13.0. The highest BCUT2D eigenvalue weighted by Crippen LogP contribution is 2.42. The highest BCUT2D eigenvalue weighted by atomic mass is 19.3. The highest BCUT2D eigenvalue weighted by Gasteiger charge is 2.43. The van der Waals surface area contributed by atoms with Gasteiger partial charge in [0.1, 0.15) is 0 Å². The van der Waals surface area contributed by atoms with Gasteiger partial charge in [0.15, 0.2) is 5.78 Å². The van der Waals surface area contributed by atoms with Crippen molar-refractivity contribution in [3.05, 3.63) is 12.2 Å². The highest BCUT2D eigenvalue weighted by molar-refractivity contribution is 5.89. The van der Waals surface area contributed by atoms with Gasteiger partial charge in [0.2, 0.25) is 0 Å². The van der Waals surface area contributed by atoms with Crippen molar-refractivity contribution in [2.75, 3.05) is 0 Å². The van der Waals surface area contributed by atoms with Crippen LogP contribution in [-0.2, 0) is 4.79 Å². The molecule has 1 unspecified atom stereocenters. The Morgan fingerprint density at radius 1 is 1.62 bits per heavy atom. The van der Waals surface area contributed by atoms with Crippen molar-refractivity contribution in [1.29, 1.82) is 0 Å². The minimum absolute atomic E-state index is 0.00264. The molecule has 74 valence electrons. The van der Waals surface area contributed by atoms with Crippen molar-refractivity contribution < 1.29 is 13.6 Å². The fourth-order valence-corrected chi connectivity index (χ4v) is 1.75. The number of carbonyl (C=O) groups excluding carboxylic acids is 1. The lowest BCUT2D eigenvalue weighted by Crippen LogP contribution is -2.23. The van der Waals surface area contributed by atoms with E-state index in [-0.39, 0.29) is 18.6 Å². The van der Waals surface area contributed by atoms with E-state index < -0.39 is 11.8 Å². The molecule has 0 saturated heterocycles. The first-order chi connectivity index (χ1) is 6.06. The van der Waals surface area contributed by atoms with Crippen LogP contribution in [0.2, 0.25) is 0 Å². The topological polar surface area (TPSA) is 17.1 Å². The number of halogens is 2. The summed E-state index contributed by atoms with van der Waals surface area (Å²) in [6, 6.07) is 0. The Bertz CT molecular complexity index is 221. The van der Waals surface area contributed by atoms with Crippen molar-refractivity contribution in [1.82, 2.24) is 0 Å². The molecule has 0 aromatic rings. The summed E-state index contributed by atoms with van der Waals surface area (Å²) < 4.78 is 26.1. The Morgan fingerprint density at radius 2 is 2.31 bits per heavy atom. The molecule has 1 nitrogen and oxygen atoms in total. The summed E-state index contributed by atoms with van der Waals surface area (Å²) in [6.07, 6.45) is 3.93. The number of ketones is 1. The van der Waals surface area contributed by atoms with Crippen molar-refractivity contribution in [3.8, 4) is 0 Å². The molecule has 1 aliphatic rings. The second kappa shape index (κ2) is 3.99. The number of rotatable bonds is 3. The maximum Gasteiger partial charge on any atom is 0.251 e. The molecule has 3 heteroatoms. The zero-order chi connectivity index (χ0) is 9.90. The van der Waals surface area contributed by atoms with E-state index in [1.807, 2.05) is 0 Å². The van der Waals surface area contributed by atoms with Gasteiger partial charge in [-0.1, -0.05) is 6.08 Å². The van der Waals surface area contributed by atoms with Gasteiger partial charge in [-0.15, -0.1) is 0 Å². The van der Waals surface area contributed by atoms with Gasteiger partial charge in [-0.3, -0.25) is 4.79 Å². The lowest BCUT2D eigenvalue weighted by molar-refractivity contribution is -0.119. The summed E-state index contributed by atoms with van der Waals surface area (Å²) in [7, 11) is 0. The van der Waals surface area contributed by atoms with E-state index in [0.717, 1.165) is 0 Å². The summed E-state index contributed by atoms with van der Waals surface area (Å²) in [6.45, 7) is 1.71. The van der Waals surface area contributed by atoms with E-state index in [1.165, 1.54) is 6.08 Å². The van der Waals surface area contributed by atoms with Crippen LogP contribution < -0.4 is 0 Å². The number of hydrogen-bond donors (Lipinski definition) is 0. The molecular weight excluding hydrogens is 174 g/mol. The van der Waals surface area contributed by atoms with Crippen LogP contribution in [0.15, 0.2) is 12.2 Å². The molecule has 1 saturated carbocycles. The lowest BCUT2D eigenvalue weighted by atomic mass is 9.98. The first kappa shape index (κ1) is 10.4. The Hall–Kier alpha value is -0.730. The third-order valence-electron chi connectivity index (χ3n) is 2.46. The quantitative estimate of drug-likeness (QED) is 0.622. The molecule has 0 bridgehead atoms. The van der Waals surface area contributed by atoms with Crippen molar-refractivity contribution in [2.45, 2.75) is 38.5 Å². The van der Waals surface area contributed by atoms with E-state index in [0.29, 0.717) is 12.8 Å². The fourth-order valence-electron chi connectivity index (χ4n) is 1.75. The van der Waals surface area contributed by atoms with Crippen LogP contribution in [0.25, 0.3) is 0 Å². The van der Waals surface area contributed by atoms with Crippen LogP contribution >= 0.6 is 0 Å². The van der Waals surface area contributed by atoms with E-state index >= 15 is 0 Å². The average Bonchev–Trinajstić information content (AvgIpc) is 2.31. The van der Waals surface area contributed by atoms with E-state index in [1.54, 1.807) is 13.0 Å². The lowest BCUT2D eigenvalue weighted by Gasteiger charge is -2.16. The molecule has 0 spiro atoms. The van der Waals surface area contributed by atoms with Crippen LogP contribution in [0.5, 0.6) is 0 Å². The van der Waals surface area contributed by atoms with Gasteiger partial charge in [-0.05, 0) is 25.8 Å². The Balaban J connectivity index is 2.49. The zero-order valence-corrected chi connectivity index (χ0v) is 7.72. The number of carbonyl (C=O) groups is 1. The second-order valence-electron chi connectivity index (χ2n) is 3.52. The number of alkyl halides is 2. The molecule has 1 aliphatic carbocycles. The Kier molecular flexibility index (Phi) is 3.17. The van der Waals surface area contributed by atoms with E-state index in [9.17, 15) is 13.6 Å². The molecule has 1 rings (SSSR count). The first-order valence-corrected chi connectivity index (χ1v) is 4.59. The predicted molar refractivity (Wildman–Crippen MR) is 46.7 cm³/mol. The molecule has 0 aromatic heterocycles. The minimum Gasteiger partial charge on any atom is -0.295 e. The monoisotopic (exact) mass is 188 g/mol. The molecule has 0 radical (unpaired) electrons. The fraction of sp³-hybridized carbons (Fsp3) is 0.700. The third kappa shape index (κ3) is 2.61. The van der Waals surface area contributed by atoms with Gasteiger partial charge >= 0.3 is 0 Å². The first-order valence-electron chi connectivity index (χ1n) is 4.59. The van der Waals surface area contributed by atoms with E-state index in [2.05, 4.69) is 0 Å². The summed E-state index contributed by atoms with van der Waals surface area (Å²) in [5, 5.41) is 0. The van der Waals surface area contributed by atoms with Crippen LogP contribution in [0.3, 0.4) is 0 Å². The summed E-state index contributed by atoms with van der Waals surface area (Å²) >= 11 is 0. The molecule has 1 atom stereocenters. The van der Waals surface area contributed by atoms with Crippen molar-refractivity contribution in [3.63, 3.8) is 0 Å². The number of allylic oxidation sites excluding steroid dienone is 2. The maximum absolute atomic E-state index is 13.0. The molecule has 0 aliphatic heterocycles. The van der Waals surface area contributed by atoms with Gasteiger partial charge in [0.05, 0.1) is 0 Å². The van der Waals surface area contributed by atoms with Crippen molar-refractivity contribution in [2.24, 2.45) is 5.92 Å². The van der Waals surface area contributed by atoms with Crippen LogP contribution in [0.1, 0.15) is 32.6 Å². The molecule has 1 fully saturated rings. The molecule has 0 heterocycles. The van der Waals surface area contributed by atoms with Crippen LogP contribution in [0, 0.1) is 5.92 Å². The summed E-state index contributed by atoms with van der Waals surface area (Å²) in [4.78, 5) is 11.1. The van der Waals surface area contributed by atoms with Gasteiger partial charge in [-0.25, -0.2) is 8.78 Å². The van der Waals surface area contributed by atoms with Gasteiger partial charge in [0.25, 0.3) is 5.92 Å². The largest absolute Gasteiger partial charge is 0.295 e. The van der Waals surface area contributed by atoms with Gasteiger partial charge in [-0.2, -0.15) is 0 Å². The standard InChI is InChI=1S/C10H14F2O/c1-2-4-9(13)7-8-5-3-6-10(8,11)12/h2,4,8H,3,5-7H2,1H3/b4-2+. The van der Waals surface area contributed by atoms with Crippen LogP contribution in [0.4, 0.5) is 8.78 Å².